The van der Waals surface area contributed by atoms with E-state index in [2.05, 4.69) is 41.2 Å². The fraction of sp³-hybridized carbons (Fsp3) is 0.321. The molecule has 1 amide bonds. The van der Waals surface area contributed by atoms with E-state index in [1.54, 1.807) is 0 Å². The number of fused-ring (bicyclic) bond motifs is 2. The number of primary amides is 1. The van der Waals surface area contributed by atoms with Gasteiger partial charge in [0.15, 0.2) is 0 Å². The molecule has 0 saturated carbocycles. The summed E-state index contributed by atoms with van der Waals surface area (Å²) < 4.78 is 2.19. The van der Waals surface area contributed by atoms with Crippen LogP contribution in [0.15, 0.2) is 48.5 Å². The van der Waals surface area contributed by atoms with Crippen molar-refractivity contribution in [1.82, 2.24) is 14.9 Å². The molecule has 0 atom stereocenters. The zero-order valence-electron chi connectivity index (χ0n) is 20.8. The zero-order chi connectivity index (χ0) is 25.4. The number of carbonyl (C=O) groups is 1. The van der Waals surface area contributed by atoms with Crippen LogP contribution < -0.4 is 22.1 Å². The van der Waals surface area contributed by atoms with E-state index >= 15 is 0 Å². The van der Waals surface area contributed by atoms with Crippen molar-refractivity contribution in [2.24, 2.45) is 11.5 Å². The number of piperidine rings is 1. The lowest BCUT2D eigenvalue weighted by Gasteiger charge is -2.25. The van der Waals surface area contributed by atoms with Gasteiger partial charge in [0.25, 0.3) is 5.91 Å². The van der Waals surface area contributed by atoms with Gasteiger partial charge in [-0.1, -0.05) is 50.2 Å². The molecule has 0 bridgehead atoms. The minimum absolute atomic E-state index is 0.0495. The predicted molar refractivity (Wildman–Crippen MR) is 146 cm³/mol. The number of carbonyl (C=O) groups excluding carboxylic acids is 1. The number of nitrogen functional groups attached to an aromatic ring is 1. The Morgan fingerprint density at radius 3 is 2.50 bits per heavy atom. The maximum absolute atomic E-state index is 12.5. The minimum Gasteiger partial charge on any atom is -0.384 e. The lowest BCUT2D eigenvalue weighted by molar-refractivity contribution is 0.100. The highest BCUT2D eigenvalue weighted by molar-refractivity contribution is 6.08. The molecule has 5 rings (SSSR count). The Hall–Kier alpha value is -3.91. The summed E-state index contributed by atoms with van der Waals surface area (Å²) in [5.41, 5.74) is 16.3. The third-order valence-electron chi connectivity index (χ3n) is 7.01. The molecule has 3 aromatic carbocycles. The minimum atomic E-state index is -0.481. The standard InChI is InChI=1S/C28H33N7O/c1-16(2)28-34-25-23(27(31)36)13-19(33-18-9-11-32-12-10-18)14-24(25)35(28)15-17-7-8-22(26(29)30)21-6-4-3-5-20(17)21/h3-8,13-14,16,18,32-33H,9-12,15H2,1-2H3,(H3,29,30)(H2,31,36). The van der Waals surface area contributed by atoms with Crippen LogP contribution in [0.2, 0.25) is 0 Å². The number of hydrogen-bond donors (Lipinski definition) is 5. The predicted octanol–water partition coefficient (Wildman–Crippen LogP) is 3.91. The Labute approximate surface area is 210 Å². The second kappa shape index (κ2) is 9.62. The molecule has 1 aromatic heterocycles. The molecule has 0 radical (unpaired) electrons. The number of nitrogens with zero attached hydrogens (tertiary/aromatic N) is 2. The number of nitrogens with two attached hydrogens (primary N) is 2. The molecule has 1 fully saturated rings. The largest absolute Gasteiger partial charge is 0.384 e. The quantitative estimate of drug-likeness (QED) is 0.201. The Bertz CT molecular complexity index is 1460. The van der Waals surface area contributed by atoms with E-state index < -0.39 is 5.91 Å². The number of amidine groups is 1. The monoisotopic (exact) mass is 483 g/mol. The molecule has 0 aliphatic carbocycles. The summed E-state index contributed by atoms with van der Waals surface area (Å²) in [6.45, 7) is 6.72. The molecular formula is C28H33N7O. The van der Waals surface area contributed by atoms with E-state index in [-0.39, 0.29) is 11.8 Å². The summed E-state index contributed by atoms with van der Waals surface area (Å²) in [4.78, 5) is 17.4. The van der Waals surface area contributed by atoms with Gasteiger partial charge in [-0.25, -0.2) is 4.98 Å². The lowest BCUT2D eigenvalue weighted by atomic mass is 9.98. The van der Waals surface area contributed by atoms with Gasteiger partial charge in [0.2, 0.25) is 0 Å². The van der Waals surface area contributed by atoms with Crippen molar-refractivity contribution in [2.75, 3.05) is 18.4 Å². The first-order valence-corrected chi connectivity index (χ1v) is 12.5. The molecule has 36 heavy (non-hydrogen) atoms. The fourth-order valence-electron chi connectivity index (χ4n) is 5.23. The summed E-state index contributed by atoms with van der Waals surface area (Å²) in [7, 11) is 0. The van der Waals surface area contributed by atoms with Crippen molar-refractivity contribution < 1.29 is 4.79 Å². The lowest BCUT2D eigenvalue weighted by Crippen LogP contribution is -2.35. The fourth-order valence-corrected chi connectivity index (χ4v) is 5.23. The normalized spacial score (nSPS) is 14.5. The van der Waals surface area contributed by atoms with Crippen LogP contribution in [-0.2, 0) is 6.54 Å². The molecule has 186 valence electrons. The van der Waals surface area contributed by atoms with Crippen LogP contribution in [0.3, 0.4) is 0 Å². The molecule has 0 unspecified atom stereocenters. The van der Waals surface area contributed by atoms with Crippen LogP contribution in [0.1, 0.15) is 59.9 Å². The van der Waals surface area contributed by atoms with Gasteiger partial charge in [-0.3, -0.25) is 10.2 Å². The van der Waals surface area contributed by atoms with Crippen molar-refractivity contribution >= 4 is 39.2 Å². The van der Waals surface area contributed by atoms with Gasteiger partial charge in [0, 0.05) is 29.8 Å². The van der Waals surface area contributed by atoms with Crippen molar-refractivity contribution in [3.8, 4) is 0 Å². The average Bonchev–Trinajstić information content (AvgIpc) is 3.22. The first-order chi connectivity index (χ1) is 17.3. The SMILES string of the molecule is CC(C)c1nc2c(C(N)=O)cc(NC3CCNCC3)cc2n1Cc1ccc(C(=N)N)c2ccccc12. The molecule has 8 nitrogen and oxygen atoms in total. The number of aromatic nitrogens is 2. The summed E-state index contributed by atoms with van der Waals surface area (Å²) in [5, 5.41) is 17.0. The first-order valence-electron chi connectivity index (χ1n) is 12.5. The van der Waals surface area contributed by atoms with E-state index in [0.717, 1.165) is 64.9 Å². The second-order valence-electron chi connectivity index (χ2n) is 9.87. The summed E-state index contributed by atoms with van der Waals surface area (Å²) >= 11 is 0. The smallest absolute Gasteiger partial charge is 0.251 e. The van der Waals surface area contributed by atoms with E-state index in [4.69, 9.17) is 21.9 Å². The summed E-state index contributed by atoms with van der Waals surface area (Å²) in [5.74, 6) is 0.603. The van der Waals surface area contributed by atoms with Crippen LogP contribution in [0.4, 0.5) is 5.69 Å². The number of nitrogens with one attached hydrogen (secondary N) is 3. The molecular weight excluding hydrogens is 450 g/mol. The first kappa shape index (κ1) is 23.8. The number of hydrogen-bond acceptors (Lipinski definition) is 5. The molecule has 8 heteroatoms. The van der Waals surface area contributed by atoms with Gasteiger partial charge in [-0.2, -0.15) is 0 Å². The van der Waals surface area contributed by atoms with Gasteiger partial charge < -0.3 is 26.7 Å². The Morgan fingerprint density at radius 2 is 1.83 bits per heavy atom. The van der Waals surface area contributed by atoms with Crippen molar-refractivity contribution in [3.05, 3.63) is 71.0 Å². The highest BCUT2D eigenvalue weighted by Gasteiger charge is 2.22. The third kappa shape index (κ3) is 4.40. The Morgan fingerprint density at radius 1 is 1.11 bits per heavy atom. The summed E-state index contributed by atoms with van der Waals surface area (Å²) in [6, 6.07) is 16.2. The molecule has 0 spiro atoms. The van der Waals surface area contributed by atoms with E-state index in [9.17, 15) is 4.79 Å². The van der Waals surface area contributed by atoms with Crippen LogP contribution >= 0.6 is 0 Å². The topological polar surface area (TPSA) is 135 Å². The molecule has 7 N–H and O–H groups in total. The van der Waals surface area contributed by atoms with Crippen molar-refractivity contribution in [3.63, 3.8) is 0 Å². The van der Waals surface area contributed by atoms with Crippen molar-refractivity contribution in [2.45, 2.75) is 45.2 Å². The van der Waals surface area contributed by atoms with E-state index in [1.807, 2.05) is 36.4 Å². The van der Waals surface area contributed by atoms with Gasteiger partial charge in [0.1, 0.15) is 17.2 Å². The zero-order valence-corrected chi connectivity index (χ0v) is 20.8. The van der Waals surface area contributed by atoms with E-state index in [0.29, 0.717) is 23.7 Å². The number of amides is 1. The Balaban J connectivity index is 1.67. The van der Waals surface area contributed by atoms with Crippen LogP contribution in [0.5, 0.6) is 0 Å². The highest BCUT2D eigenvalue weighted by atomic mass is 16.1. The molecule has 2 heterocycles. The van der Waals surface area contributed by atoms with Gasteiger partial charge in [-0.15, -0.1) is 0 Å². The highest BCUT2D eigenvalue weighted by Crippen LogP contribution is 2.31. The van der Waals surface area contributed by atoms with Crippen molar-refractivity contribution in [1.29, 1.82) is 5.41 Å². The van der Waals surface area contributed by atoms with Crippen LogP contribution in [0.25, 0.3) is 21.8 Å². The van der Waals surface area contributed by atoms with Gasteiger partial charge in [0.05, 0.1) is 11.1 Å². The number of anilines is 1. The molecule has 1 aliphatic heterocycles. The average molecular weight is 484 g/mol. The Kier molecular flexibility index (Phi) is 6.36. The molecule has 1 aliphatic rings. The van der Waals surface area contributed by atoms with Gasteiger partial charge in [-0.05, 0) is 54.4 Å². The second-order valence-corrected chi connectivity index (χ2v) is 9.87. The molecule has 1 saturated heterocycles. The molecule has 4 aromatic rings. The maximum Gasteiger partial charge on any atom is 0.251 e. The van der Waals surface area contributed by atoms with Gasteiger partial charge >= 0.3 is 0 Å². The van der Waals surface area contributed by atoms with E-state index in [1.165, 1.54) is 0 Å². The van der Waals surface area contributed by atoms with Crippen LogP contribution in [0, 0.1) is 5.41 Å². The maximum atomic E-state index is 12.5. The third-order valence-corrected chi connectivity index (χ3v) is 7.01. The number of imidazole rings is 1. The number of benzene rings is 3. The van der Waals surface area contributed by atoms with Crippen LogP contribution in [-0.4, -0.2) is 40.4 Å². The number of rotatable bonds is 7. The summed E-state index contributed by atoms with van der Waals surface area (Å²) in [6.07, 6.45) is 2.05.